The molecule has 0 bridgehead atoms. The van der Waals surface area contributed by atoms with Gasteiger partial charge < -0.3 is 10.6 Å². The van der Waals surface area contributed by atoms with Crippen molar-refractivity contribution >= 4 is 16.9 Å². The maximum Gasteiger partial charge on any atom is 0.188 e. The van der Waals surface area contributed by atoms with Crippen molar-refractivity contribution < 1.29 is 0 Å². The number of nitrogens with zero attached hydrogens (tertiary/aromatic N) is 3. The highest BCUT2D eigenvalue weighted by molar-refractivity contribution is 5.87. The van der Waals surface area contributed by atoms with Crippen LogP contribution in [-0.2, 0) is 0 Å². The Hall–Kier alpha value is -2.61. The van der Waals surface area contributed by atoms with E-state index in [0.29, 0.717) is 17.4 Å². The van der Waals surface area contributed by atoms with E-state index in [4.69, 9.17) is 11.1 Å². The standard InChI is InChI=1S/C17H19N5/c1-11-7-13(10-22(9-11)17(19)20)14-5-4-12(8-18)16-15(14)3-2-6-21-16/h2-6,11,13H,7,9-10H2,1H3,(H3,19,20). The van der Waals surface area contributed by atoms with Crippen LogP contribution in [0.3, 0.4) is 0 Å². The normalized spacial score (nSPS) is 21.5. The summed E-state index contributed by atoms with van der Waals surface area (Å²) in [5, 5.41) is 18.0. The van der Waals surface area contributed by atoms with Crippen molar-refractivity contribution in [3.05, 3.63) is 41.6 Å². The van der Waals surface area contributed by atoms with E-state index in [2.05, 4.69) is 18.0 Å². The number of nitrogens with one attached hydrogen (secondary N) is 1. The van der Waals surface area contributed by atoms with Gasteiger partial charge in [0, 0.05) is 30.6 Å². The molecule has 5 heteroatoms. The molecular formula is C17H19N5. The highest BCUT2D eigenvalue weighted by atomic mass is 15.2. The highest BCUT2D eigenvalue weighted by Gasteiger charge is 2.28. The van der Waals surface area contributed by atoms with Crippen LogP contribution in [0.25, 0.3) is 10.9 Å². The largest absolute Gasteiger partial charge is 0.370 e. The Morgan fingerprint density at radius 1 is 1.41 bits per heavy atom. The predicted molar refractivity (Wildman–Crippen MR) is 86.5 cm³/mol. The molecule has 1 aliphatic heterocycles. The Morgan fingerprint density at radius 2 is 2.23 bits per heavy atom. The number of rotatable bonds is 1. The van der Waals surface area contributed by atoms with Crippen molar-refractivity contribution in [2.45, 2.75) is 19.3 Å². The first-order valence-electron chi connectivity index (χ1n) is 7.47. The molecule has 0 aliphatic carbocycles. The van der Waals surface area contributed by atoms with E-state index in [0.717, 1.165) is 30.4 Å². The molecule has 0 spiro atoms. The number of likely N-dealkylation sites (tertiary alicyclic amines) is 1. The molecule has 0 amide bonds. The zero-order chi connectivity index (χ0) is 15.7. The van der Waals surface area contributed by atoms with Gasteiger partial charge in [-0.05, 0) is 30.0 Å². The molecule has 2 unspecified atom stereocenters. The van der Waals surface area contributed by atoms with Gasteiger partial charge in [0.25, 0.3) is 0 Å². The quantitative estimate of drug-likeness (QED) is 0.624. The van der Waals surface area contributed by atoms with Crippen molar-refractivity contribution in [2.75, 3.05) is 13.1 Å². The second-order valence-corrected chi connectivity index (χ2v) is 6.04. The lowest BCUT2D eigenvalue weighted by atomic mass is 9.83. The van der Waals surface area contributed by atoms with E-state index in [1.807, 2.05) is 29.2 Å². The molecule has 1 saturated heterocycles. The second-order valence-electron chi connectivity index (χ2n) is 6.04. The molecule has 1 aliphatic rings. The van der Waals surface area contributed by atoms with E-state index >= 15 is 0 Å². The molecule has 1 aromatic heterocycles. The lowest BCUT2D eigenvalue weighted by molar-refractivity contribution is 0.242. The first-order chi connectivity index (χ1) is 10.6. The van der Waals surface area contributed by atoms with Crippen LogP contribution in [-0.4, -0.2) is 28.9 Å². The summed E-state index contributed by atoms with van der Waals surface area (Å²) in [6.07, 6.45) is 2.78. The van der Waals surface area contributed by atoms with E-state index in [9.17, 15) is 5.26 Å². The van der Waals surface area contributed by atoms with Crippen LogP contribution in [0.2, 0.25) is 0 Å². The summed E-state index contributed by atoms with van der Waals surface area (Å²) in [6.45, 7) is 3.76. The van der Waals surface area contributed by atoms with Gasteiger partial charge in [0.15, 0.2) is 5.96 Å². The van der Waals surface area contributed by atoms with Gasteiger partial charge in [-0.25, -0.2) is 0 Å². The molecule has 112 valence electrons. The van der Waals surface area contributed by atoms with Crippen LogP contribution in [0, 0.1) is 22.7 Å². The molecule has 2 atom stereocenters. The third-order valence-corrected chi connectivity index (χ3v) is 4.36. The molecule has 1 fully saturated rings. The van der Waals surface area contributed by atoms with E-state index < -0.39 is 0 Å². The molecule has 5 nitrogen and oxygen atoms in total. The van der Waals surface area contributed by atoms with Crippen LogP contribution in [0.4, 0.5) is 0 Å². The lowest BCUT2D eigenvalue weighted by Gasteiger charge is -2.37. The van der Waals surface area contributed by atoms with Crippen LogP contribution in [0.1, 0.15) is 30.4 Å². The highest BCUT2D eigenvalue weighted by Crippen LogP contribution is 2.34. The monoisotopic (exact) mass is 293 g/mol. The minimum atomic E-state index is 0.132. The average Bonchev–Trinajstić information content (AvgIpc) is 2.53. The fraction of sp³-hybridized carbons (Fsp3) is 0.353. The Labute approximate surface area is 129 Å². The number of hydrogen-bond donors (Lipinski definition) is 2. The summed E-state index contributed by atoms with van der Waals surface area (Å²) in [4.78, 5) is 6.31. The summed E-state index contributed by atoms with van der Waals surface area (Å²) in [5.41, 5.74) is 8.24. The maximum absolute atomic E-state index is 9.25. The van der Waals surface area contributed by atoms with Gasteiger partial charge in [-0.2, -0.15) is 5.26 Å². The molecule has 0 saturated carbocycles. The number of fused-ring (bicyclic) bond motifs is 1. The number of hydrogen-bond acceptors (Lipinski definition) is 3. The zero-order valence-electron chi connectivity index (χ0n) is 12.6. The smallest absolute Gasteiger partial charge is 0.188 e. The summed E-state index contributed by atoms with van der Waals surface area (Å²) >= 11 is 0. The summed E-state index contributed by atoms with van der Waals surface area (Å²) < 4.78 is 0. The van der Waals surface area contributed by atoms with Crippen LogP contribution in [0.15, 0.2) is 30.5 Å². The zero-order valence-corrected chi connectivity index (χ0v) is 12.6. The van der Waals surface area contributed by atoms with Crippen LogP contribution in [0.5, 0.6) is 0 Å². The number of benzene rings is 1. The molecule has 0 radical (unpaired) electrons. The summed E-state index contributed by atoms with van der Waals surface area (Å²) in [5.74, 6) is 0.907. The minimum Gasteiger partial charge on any atom is -0.370 e. The Bertz CT molecular complexity index is 761. The van der Waals surface area contributed by atoms with Gasteiger partial charge in [-0.3, -0.25) is 10.4 Å². The summed E-state index contributed by atoms with van der Waals surface area (Å²) in [6, 6.07) is 10.0. The fourth-order valence-corrected chi connectivity index (χ4v) is 3.41. The first-order valence-corrected chi connectivity index (χ1v) is 7.47. The van der Waals surface area contributed by atoms with Gasteiger partial charge in [-0.15, -0.1) is 0 Å². The number of nitrogens with two attached hydrogens (primary N) is 1. The van der Waals surface area contributed by atoms with Gasteiger partial charge in [0.05, 0.1) is 11.1 Å². The van der Waals surface area contributed by atoms with Crippen molar-refractivity contribution in [1.29, 1.82) is 10.7 Å². The third-order valence-electron chi connectivity index (χ3n) is 4.36. The van der Waals surface area contributed by atoms with Crippen molar-refractivity contribution in [3.63, 3.8) is 0 Å². The number of nitriles is 1. The van der Waals surface area contributed by atoms with Gasteiger partial charge in [0.2, 0.25) is 0 Å². The molecular weight excluding hydrogens is 274 g/mol. The second kappa shape index (κ2) is 5.64. The van der Waals surface area contributed by atoms with Crippen molar-refractivity contribution in [3.8, 4) is 6.07 Å². The van der Waals surface area contributed by atoms with Gasteiger partial charge >= 0.3 is 0 Å². The topological polar surface area (TPSA) is 89.8 Å². The maximum atomic E-state index is 9.25. The van der Waals surface area contributed by atoms with Crippen LogP contribution < -0.4 is 5.73 Å². The summed E-state index contributed by atoms with van der Waals surface area (Å²) in [7, 11) is 0. The minimum absolute atomic E-state index is 0.132. The molecule has 3 rings (SSSR count). The molecule has 2 aromatic rings. The molecule has 1 aromatic carbocycles. The van der Waals surface area contributed by atoms with E-state index in [1.54, 1.807) is 6.20 Å². The molecule has 3 N–H and O–H groups in total. The van der Waals surface area contributed by atoms with Gasteiger partial charge in [-0.1, -0.05) is 19.1 Å². The fourth-order valence-electron chi connectivity index (χ4n) is 3.41. The number of pyridine rings is 1. The molecule has 2 heterocycles. The third kappa shape index (κ3) is 2.48. The Balaban J connectivity index is 2.07. The number of guanidine groups is 1. The Morgan fingerprint density at radius 3 is 2.95 bits per heavy atom. The van der Waals surface area contributed by atoms with Crippen molar-refractivity contribution in [1.82, 2.24) is 9.88 Å². The number of aromatic nitrogens is 1. The van der Waals surface area contributed by atoms with Crippen molar-refractivity contribution in [2.24, 2.45) is 11.7 Å². The van der Waals surface area contributed by atoms with Gasteiger partial charge in [0.1, 0.15) is 6.07 Å². The van der Waals surface area contributed by atoms with E-state index in [1.165, 1.54) is 5.56 Å². The molecule has 22 heavy (non-hydrogen) atoms. The lowest BCUT2D eigenvalue weighted by Crippen LogP contribution is -2.45. The predicted octanol–water partition coefficient (Wildman–Crippen LogP) is 2.43. The first kappa shape index (κ1) is 14.3. The number of piperidine rings is 1. The van der Waals surface area contributed by atoms with Crippen LogP contribution >= 0.6 is 0 Å². The average molecular weight is 293 g/mol. The Kier molecular flexibility index (Phi) is 3.68. The SMILES string of the molecule is CC1CC(c2ccc(C#N)c3ncccc23)CN(C(=N)N)C1. The van der Waals surface area contributed by atoms with E-state index in [-0.39, 0.29) is 5.96 Å².